The Bertz CT molecular complexity index is 1260. The standard InChI is InChI=1S/C28H37N3O4.CO2/c1-16-10-11-28(34-24(16)15-25-31-22-14-20(29-5)8-9-23(22)33-25)18(3)13-17(2)27(35-28)19(4)26(32)21-7-6-12-30-21;2-1-3/h6-9,12,14,16-19,24,27,29-30H,10-11,13,15H2,1-5H3;/t16-,17-,18-,19-,24-,27+,28+;/m1./s1. The number of aromatic amines is 1. The van der Waals surface area contributed by atoms with E-state index in [1.54, 1.807) is 6.20 Å². The number of fused-ring (bicyclic) bond motifs is 1. The summed E-state index contributed by atoms with van der Waals surface area (Å²) in [5.41, 5.74) is 3.27. The zero-order valence-corrected chi connectivity index (χ0v) is 22.7. The van der Waals surface area contributed by atoms with Crippen LogP contribution in [0.1, 0.15) is 63.3 Å². The molecule has 0 aliphatic carbocycles. The van der Waals surface area contributed by atoms with Gasteiger partial charge in [-0.15, -0.1) is 0 Å². The van der Waals surface area contributed by atoms with Gasteiger partial charge in [0, 0.05) is 37.2 Å². The summed E-state index contributed by atoms with van der Waals surface area (Å²) < 4.78 is 19.7. The van der Waals surface area contributed by atoms with Gasteiger partial charge in [-0.3, -0.25) is 4.79 Å². The molecule has 2 fully saturated rings. The average molecular weight is 524 g/mol. The van der Waals surface area contributed by atoms with Crippen LogP contribution in [0.2, 0.25) is 0 Å². The fourth-order valence-electron chi connectivity index (χ4n) is 5.94. The summed E-state index contributed by atoms with van der Waals surface area (Å²) in [6.07, 6.45) is 5.17. The molecular weight excluding hydrogens is 486 g/mol. The first-order chi connectivity index (χ1) is 18.2. The molecule has 1 spiro atoms. The van der Waals surface area contributed by atoms with Gasteiger partial charge in [-0.25, -0.2) is 4.98 Å². The molecule has 0 bridgehead atoms. The second-order valence-corrected chi connectivity index (χ2v) is 10.7. The number of oxazole rings is 1. The van der Waals surface area contributed by atoms with Crippen molar-refractivity contribution >= 4 is 28.7 Å². The Labute approximate surface area is 222 Å². The van der Waals surface area contributed by atoms with Crippen LogP contribution in [0.5, 0.6) is 0 Å². The third-order valence-corrected chi connectivity index (χ3v) is 8.17. The minimum Gasteiger partial charge on any atom is -0.441 e. The van der Waals surface area contributed by atoms with E-state index in [4.69, 9.17) is 28.5 Å². The quantitative estimate of drug-likeness (QED) is 0.420. The van der Waals surface area contributed by atoms with E-state index in [0.717, 1.165) is 36.0 Å². The molecule has 7 atom stereocenters. The first-order valence-corrected chi connectivity index (χ1v) is 13.3. The lowest BCUT2D eigenvalue weighted by atomic mass is 9.75. The molecule has 2 aromatic heterocycles. The van der Waals surface area contributed by atoms with Crippen LogP contribution in [0.25, 0.3) is 11.1 Å². The molecule has 0 amide bonds. The maximum Gasteiger partial charge on any atom is 0.373 e. The number of H-pyrrole nitrogens is 1. The zero-order chi connectivity index (χ0) is 27.4. The average Bonchev–Trinajstić information content (AvgIpc) is 3.57. The number of Topliss-reactive ketones (excluding diaryl/α,β-unsaturated/α-hetero) is 1. The fraction of sp³-hybridized carbons (Fsp3) is 0.552. The Morgan fingerprint density at radius 2 is 1.97 bits per heavy atom. The molecule has 0 saturated carbocycles. The molecule has 9 nitrogen and oxygen atoms in total. The lowest BCUT2D eigenvalue weighted by Crippen LogP contribution is -2.58. The number of carbonyl (C=O) groups is 1. The van der Waals surface area contributed by atoms with Gasteiger partial charge >= 0.3 is 6.15 Å². The van der Waals surface area contributed by atoms with Crippen molar-refractivity contribution in [2.45, 2.75) is 71.4 Å². The van der Waals surface area contributed by atoms with Crippen molar-refractivity contribution in [1.29, 1.82) is 0 Å². The number of benzene rings is 1. The van der Waals surface area contributed by atoms with Crippen molar-refractivity contribution in [3.63, 3.8) is 0 Å². The van der Waals surface area contributed by atoms with Crippen molar-refractivity contribution in [3.8, 4) is 0 Å². The Kier molecular flexibility index (Phi) is 8.51. The van der Waals surface area contributed by atoms with Crippen LogP contribution < -0.4 is 5.32 Å². The van der Waals surface area contributed by atoms with Crippen molar-refractivity contribution in [3.05, 3.63) is 48.1 Å². The topological polar surface area (TPSA) is 124 Å². The predicted octanol–water partition coefficient (Wildman–Crippen LogP) is 5.25. The highest BCUT2D eigenvalue weighted by molar-refractivity contribution is 5.96. The molecule has 5 rings (SSSR count). The molecule has 9 heteroatoms. The number of nitrogens with zero attached hydrogens (tertiary/aromatic N) is 1. The molecule has 3 aromatic rings. The minimum absolute atomic E-state index is 0.0634. The molecule has 2 saturated heterocycles. The second kappa shape index (κ2) is 11.6. The molecule has 2 aliphatic heterocycles. The maximum atomic E-state index is 13.1. The summed E-state index contributed by atoms with van der Waals surface area (Å²) in [5.74, 6) is 0.686. The smallest absolute Gasteiger partial charge is 0.373 e. The van der Waals surface area contributed by atoms with Crippen LogP contribution in [-0.4, -0.2) is 46.9 Å². The molecule has 4 heterocycles. The molecule has 2 N–H and O–H groups in total. The van der Waals surface area contributed by atoms with Gasteiger partial charge in [-0.2, -0.15) is 9.59 Å². The van der Waals surface area contributed by atoms with E-state index in [9.17, 15) is 4.79 Å². The zero-order valence-electron chi connectivity index (χ0n) is 22.7. The Hall–Kier alpha value is -3.26. The number of aromatic nitrogens is 2. The van der Waals surface area contributed by atoms with Crippen LogP contribution in [0.4, 0.5) is 5.69 Å². The van der Waals surface area contributed by atoms with Gasteiger partial charge in [0.15, 0.2) is 23.0 Å². The van der Waals surface area contributed by atoms with Crippen molar-refractivity contribution in [2.24, 2.45) is 23.7 Å². The van der Waals surface area contributed by atoms with E-state index in [-0.39, 0.29) is 41.9 Å². The van der Waals surface area contributed by atoms with E-state index in [1.807, 2.05) is 44.3 Å². The van der Waals surface area contributed by atoms with Gasteiger partial charge in [0.25, 0.3) is 0 Å². The van der Waals surface area contributed by atoms with Crippen LogP contribution in [0.3, 0.4) is 0 Å². The number of hydrogen-bond acceptors (Lipinski definition) is 8. The van der Waals surface area contributed by atoms with Gasteiger partial charge in [-0.05, 0) is 55.0 Å². The first kappa shape index (κ1) is 27.8. The number of rotatable bonds is 6. The Morgan fingerprint density at radius 3 is 2.66 bits per heavy atom. The summed E-state index contributed by atoms with van der Waals surface area (Å²) >= 11 is 0. The minimum atomic E-state index is -0.691. The molecule has 38 heavy (non-hydrogen) atoms. The number of nitrogens with one attached hydrogen (secondary N) is 2. The number of ketones is 1. The number of ether oxygens (including phenoxy) is 2. The third kappa shape index (κ3) is 5.60. The highest BCUT2D eigenvalue weighted by Crippen LogP contribution is 2.48. The maximum absolute atomic E-state index is 13.1. The first-order valence-electron chi connectivity index (χ1n) is 13.3. The monoisotopic (exact) mass is 523 g/mol. The highest BCUT2D eigenvalue weighted by atomic mass is 16.7. The summed E-state index contributed by atoms with van der Waals surface area (Å²) in [6, 6.07) is 9.62. The van der Waals surface area contributed by atoms with Crippen LogP contribution in [-0.2, 0) is 25.5 Å². The second-order valence-electron chi connectivity index (χ2n) is 10.7. The number of carbonyl (C=O) groups excluding carboxylic acids is 3. The van der Waals surface area contributed by atoms with Gasteiger partial charge in [0.05, 0.1) is 24.3 Å². The van der Waals surface area contributed by atoms with Gasteiger partial charge in [-0.1, -0.05) is 27.7 Å². The van der Waals surface area contributed by atoms with Crippen molar-refractivity contribution in [1.82, 2.24) is 9.97 Å². The molecule has 0 unspecified atom stereocenters. The van der Waals surface area contributed by atoms with E-state index >= 15 is 0 Å². The molecule has 1 aromatic carbocycles. The molecule has 204 valence electrons. The van der Waals surface area contributed by atoms with Crippen molar-refractivity contribution < 1.29 is 28.3 Å². The van der Waals surface area contributed by atoms with Crippen LogP contribution in [0.15, 0.2) is 40.9 Å². The summed E-state index contributed by atoms with van der Waals surface area (Å²) in [7, 11) is 1.89. The Balaban J connectivity index is 0.00000107. The third-order valence-electron chi connectivity index (χ3n) is 8.17. The van der Waals surface area contributed by atoms with Crippen LogP contribution >= 0.6 is 0 Å². The van der Waals surface area contributed by atoms with Crippen molar-refractivity contribution in [2.75, 3.05) is 12.4 Å². The fourth-order valence-corrected chi connectivity index (χ4v) is 5.94. The molecule has 2 aliphatic rings. The van der Waals surface area contributed by atoms with E-state index in [0.29, 0.717) is 23.9 Å². The lowest BCUT2D eigenvalue weighted by Gasteiger charge is -2.53. The summed E-state index contributed by atoms with van der Waals surface area (Å²) in [5, 5.41) is 3.15. The molecular formula is C29H37N3O6. The predicted molar refractivity (Wildman–Crippen MR) is 140 cm³/mol. The van der Waals surface area contributed by atoms with E-state index in [2.05, 4.69) is 31.1 Å². The van der Waals surface area contributed by atoms with Crippen LogP contribution in [0, 0.1) is 23.7 Å². The van der Waals surface area contributed by atoms with Gasteiger partial charge in [0.2, 0.25) is 0 Å². The SMILES string of the molecule is CNc1ccc2oc(C[C@H]3O[C@@]4(CC[C@H]3C)O[C@H]([C@H](C)C(=O)c3ccc[nH]3)[C@H](C)C[C@H]4C)nc2c1.O=C=O. The normalized spacial score (nSPS) is 29.8. The Morgan fingerprint density at radius 1 is 1.21 bits per heavy atom. The van der Waals surface area contributed by atoms with E-state index < -0.39 is 5.79 Å². The summed E-state index contributed by atoms with van der Waals surface area (Å²) in [6.45, 7) is 8.61. The van der Waals surface area contributed by atoms with Gasteiger partial charge < -0.3 is 24.2 Å². The largest absolute Gasteiger partial charge is 0.441 e. The number of hydrogen-bond donors (Lipinski definition) is 2. The lowest BCUT2D eigenvalue weighted by molar-refractivity contribution is -0.355. The highest BCUT2D eigenvalue weighted by Gasteiger charge is 2.52. The van der Waals surface area contributed by atoms with Gasteiger partial charge in [0.1, 0.15) is 5.52 Å². The number of anilines is 1. The van der Waals surface area contributed by atoms with E-state index in [1.165, 1.54) is 0 Å². The molecule has 0 radical (unpaired) electrons. The summed E-state index contributed by atoms with van der Waals surface area (Å²) in [4.78, 5) is 37.2.